The fourth-order valence-electron chi connectivity index (χ4n) is 2.66. The third-order valence-electron chi connectivity index (χ3n) is 3.82. The van der Waals surface area contributed by atoms with Gasteiger partial charge in [-0.2, -0.15) is 0 Å². The predicted octanol–water partition coefficient (Wildman–Crippen LogP) is 1.33. The molecule has 1 heterocycles. The van der Waals surface area contributed by atoms with Gasteiger partial charge in [0.2, 0.25) is 0 Å². The van der Waals surface area contributed by atoms with Gasteiger partial charge in [-0.25, -0.2) is 4.68 Å². The lowest BCUT2D eigenvalue weighted by Gasteiger charge is -2.22. The largest absolute Gasteiger partial charge is 0.394 e. The first kappa shape index (κ1) is 13.5. The van der Waals surface area contributed by atoms with E-state index in [0.717, 1.165) is 18.2 Å². The van der Waals surface area contributed by atoms with E-state index in [9.17, 15) is 0 Å². The number of nitrogens with one attached hydrogen (secondary N) is 1. The van der Waals surface area contributed by atoms with E-state index in [-0.39, 0.29) is 6.61 Å². The van der Waals surface area contributed by atoms with Crippen LogP contribution in [-0.2, 0) is 13.1 Å². The number of nitrogens with zero attached hydrogens (tertiary/aromatic N) is 3. The quantitative estimate of drug-likeness (QED) is 0.776. The molecule has 1 aliphatic rings. The Morgan fingerprint density at radius 1 is 1.39 bits per heavy atom. The van der Waals surface area contributed by atoms with Gasteiger partial charge in [0.15, 0.2) is 0 Å². The van der Waals surface area contributed by atoms with Gasteiger partial charge in [-0.15, -0.1) is 5.10 Å². The summed E-state index contributed by atoms with van der Waals surface area (Å²) in [6, 6.07) is 0.607. The van der Waals surface area contributed by atoms with E-state index >= 15 is 0 Å². The molecule has 0 saturated heterocycles. The van der Waals surface area contributed by atoms with Gasteiger partial charge in [0.25, 0.3) is 0 Å². The zero-order valence-corrected chi connectivity index (χ0v) is 11.2. The summed E-state index contributed by atoms with van der Waals surface area (Å²) in [6.07, 6.45) is 8.58. The van der Waals surface area contributed by atoms with Gasteiger partial charge in [-0.1, -0.05) is 31.4 Å². The van der Waals surface area contributed by atoms with Crippen molar-refractivity contribution in [2.24, 2.45) is 5.92 Å². The molecule has 0 spiro atoms. The molecule has 102 valence electrons. The Hall–Kier alpha value is -0.940. The maximum absolute atomic E-state index is 8.82. The first-order chi connectivity index (χ1) is 8.79. The van der Waals surface area contributed by atoms with E-state index in [1.54, 1.807) is 4.68 Å². The zero-order chi connectivity index (χ0) is 12.8. The van der Waals surface area contributed by atoms with E-state index in [2.05, 4.69) is 22.6 Å². The average Bonchev–Trinajstić information content (AvgIpc) is 2.70. The third kappa shape index (κ3) is 3.78. The van der Waals surface area contributed by atoms with Crippen molar-refractivity contribution in [3.63, 3.8) is 0 Å². The first-order valence-corrected chi connectivity index (χ1v) is 7.03. The molecule has 1 fully saturated rings. The molecule has 2 atom stereocenters. The van der Waals surface area contributed by atoms with Gasteiger partial charge < -0.3 is 10.4 Å². The van der Waals surface area contributed by atoms with Crippen LogP contribution in [0.5, 0.6) is 0 Å². The highest BCUT2D eigenvalue weighted by atomic mass is 16.3. The molecule has 5 nitrogen and oxygen atoms in total. The van der Waals surface area contributed by atoms with Gasteiger partial charge in [-0.05, 0) is 18.8 Å². The Bertz CT molecular complexity index is 353. The molecule has 0 amide bonds. The van der Waals surface area contributed by atoms with E-state index < -0.39 is 0 Å². The number of aliphatic hydroxyl groups excluding tert-OH is 1. The van der Waals surface area contributed by atoms with Gasteiger partial charge in [-0.3, -0.25) is 0 Å². The second-order valence-electron chi connectivity index (χ2n) is 5.30. The maximum atomic E-state index is 8.82. The molecule has 5 heteroatoms. The van der Waals surface area contributed by atoms with Crippen LogP contribution in [0.4, 0.5) is 0 Å². The fraction of sp³-hybridized carbons (Fsp3) is 0.846. The fourth-order valence-corrected chi connectivity index (χ4v) is 2.66. The summed E-state index contributed by atoms with van der Waals surface area (Å²) >= 11 is 0. The van der Waals surface area contributed by atoms with E-state index in [4.69, 9.17) is 5.11 Å². The molecule has 0 aliphatic heterocycles. The standard InChI is InChI=1S/C13H24N4O/c1-11-5-3-2-4-6-13(11)14-9-12-10-17(7-8-18)16-15-12/h10-11,13-14,18H,2-9H2,1H3. The van der Waals surface area contributed by atoms with Crippen molar-refractivity contribution in [1.29, 1.82) is 0 Å². The minimum absolute atomic E-state index is 0.107. The van der Waals surface area contributed by atoms with Crippen molar-refractivity contribution in [1.82, 2.24) is 20.3 Å². The maximum Gasteiger partial charge on any atom is 0.0964 e. The van der Waals surface area contributed by atoms with Crippen LogP contribution >= 0.6 is 0 Å². The summed E-state index contributed by atoms with van der Waals surface area (Å²) in [6.45, 7) is 3.74. The van der Waals surface area contributed by atoms with Crippen LogP contribution in [0.25, 0.3) is 0 Å². The lowest BCUT2D eigenvalue weighted by Crippen LogP contribution is -2.33. The van der Waals surface area contributed by atoms with E-state index in [1.807, 2.05) is 6.20 Å². The molecule has 0 bridgehead atoms. The highest BCUT2D eigenvalue weighted by molar-refractivity contribution is 4.92. The topological polar surface area (TPSA) is 63.0 Å². The van der Waals surface area contributed by atoms with Crippen LogP contribution in [0.15, 0.2) is 6.20 Å². The average molecular weight is 252 g/mol. The summed E-state index contributed by atoms with van der Waals surface area (Å²) in [4.78, 5) is 0. The van der Waals surface area contributed by atoms with Gasteiger partial charge in [0.05, 0.1) is 18.8 Å². The molecule has 1 aromatic rings. The molecule has 0 radical (unpaired) electrons. The van der Waals surface area contributed by atoms with Crippen molar-refractivity contribution in [2.75, 3.05) is 6.61 Å². The lowest BCUT2D eigenvalue weighted by atomic mass is 9.97. The number of rotatable bonds is 5. The summed E-state index contributed by atoms with van der Waals surface area (Å²) in [5.74, 6) is 0.750. The number of aromatic nitrogens is 3. The number of aliphatic hydroxyl groups is 1. The molecule has 0 aromatic carbocycles. The van der Waals surface area contributed by atoms with Crippen molar-refractivity contribution in [3.8, 4) is 0 Å². The van der Waals surface area contributed by atoms with Gasteiger partial charge in [0, 0.05) is 18.8 Å². The SMILES string of the molecule is CC1CCCCCC1NCc1cn(CCO)nn1. The first-order valence-electron chi connectivity index (χ1n) is 7.03. The van der Waals surface area contributed by atoms with Crippen LogP contribution in [0.2, 0.25) is 0 Å². The molecule has 2 rings (SSSR count). The Balaban J connectivity index is 1.81. The molecule has 1 aliphatic carbocycles. The lowest BCUT2D eigenvalue weighted by molar-refractivity contribution is 0.268. The smallest absolute Gasteiger partial charge is 0.0964 e. The van der Waals surface area contributed by atoms with E-state index in [0.29, 0.717) is 12.6 Å². The molecule has 2 unspecified atom stereocenters. The van der Waals surface area contributed by atoms with E-state index in [1.165, 1.54) is 32.1 Å². The second-order valence-corrected chi connectivity index (χ2v) is 5.30. The zero-order valence-electron chi connectivity index (χ0n) is 11.2. The Morgan fingerprint density at radius 2 is 2.22 bits per heavy atom. The normalized spacial score (nSPS) is 25.0. The molecular formula is C13H24N4O. The van der Waals surface area contributed by atoms with Crippen LogP contribution < -0.4 is 5.32 Å². The molecular weight excluding hydrogens is 228 g/mol. The highest BCUT2D eigenvalue weighted by Gasteiger charge is 2.19. The third-order valence-corrected chi connectivity index (χ3v) is 3.82. The van der Waals surface area contributed by atoms with Crippen molar-refractivity contribution < 1.29 is 5.11 Å². The minimum atomic E-state index is 0.107. The van der Waals surface area contributed by atoms with Crippen LogP contribution in [-0.4, -0.2) is 32.7 Å². The molecule has 2 N–H and O–H groups in total. The molecule has 18 heavy (non-hydrogen) atoms. The predicted molar refractivity (Wildman–Crippen MR) is 70.0 cm³/mol. The molecule has 1 saturated carbocycles. The van der Waals surface area contributed by atoms with Gasteiger partial charge >= 0.3 is 0 Å². The van der Waals surface area contributed by atoms with Crippen molar-refractivity contribution in [2.45, 2.75) is 58.2 Å². The number of hydrogen-bond donors (Lipinski definition) is 2. The summed E-state index contributed by atoms with van der Waals surface area (Å²) in [7, 11) is 0. The summed E-state index contributed by atoms with van der Waals surface area (Å²) < 4.78 is 1.69. The molecule has 1 aromatic heterocycles. The Kier molecular flexibility index (Phi) is 5.13. The van der Waals surface area contributed by atoms with Crippen molar-refractivity contribution >= 4 is 0 Å². The summed E-state index contributed by atoms with van der Waals surface area (Å²) in [5.41, 5.74) is 0.958. The number of hydrogen-bond acceptors (Lipinski definition) is 4. The minimum Gasteiger partial charge on any atom is -0.394 e. The van der Waals surface area contributed by atoms with Crippen LogP contribution in [0.3, 0.4) is 0 Å². The van der Waals surface area contributed by atoms with Gasteiger partial charge in [0.1, 0.15) is 0 Å². The second kappa shape index (κ2) is 6.85. The Morgan fingerprint density at radius 3 is 3.06 bits per heavy atom. The van der Waals surface area contributed by atoms with Crippen molar-refractivity contribution in [3.05, 3.63) is 11.9 Å². The van der Waals surface area contributed by atoms with Crippen LogP contribution in [0, 0.1) is 5.92 Å². The van der Waals surface area contributed by atoms with Crippen LogP contribution in [0.1, 0.15) is 44.7 Å². The summed E-state index contributed by atoms with van der Waals surface area (Å²) in [5, 5.41) is 20.5. The monoisotopic (exact) mass is 252 g/mol. The Labute approximate surface area is 109 Å². The highest BCUT2D eigenvalue weighted by Crippen LogP contribution is 2.23.